The van der Waals surface area contributed by atoms with Gasteiger partial charge < -0.3 is 15.0 Å². The molecule has 1 fully saturated rings. The Labute approximate surface area is 99.6 Å². The summed E-state index contributed by atoms with van der Waals surface area (Å²) in [5.74, 6) is 1.18. The van der Waals surface area contributed by atoms with Gasteiger partial charge >= 0.3 is 0 Å². The van der Waals surface area contributed by atoms with E-state index >= 15 is 0 Å². The van der Waals surface area contributed by atoms with Crippen LogP contribution in [0.5, 0.6) is 0 Å². The van der Waals surface area contributed by atoms with Crippen LogP contribution in [0.25, 0.3) is 0 Å². The first-order valence-electron chi connectivity index (χ1n) is 6.57. The highest BCUT2D eigenvalue weighted by Crippen LogP contribution is 2.17. The first-order chi connectivity index (χ1) is 7.68. The fourth-order valence-corrected chi connectivity index (χ4v) is 2.40. The quantitative estimate of drug-likeness (QED) is 0.670. The van der Waals surface area contributed by atoms with Crippen LogP contribution in [0.2, 0.25) is 0 Å². The Balaban J connectivity index is 1.92. The van der Waals surface area contributed by atoms with Crippen LogP contribution < -0.4 is 5.32 Å². The molecule has 0 bridgehead atoms. The molecule has 1 aliphatic heterocycles. The second kappa shape index (κ2) is 7.80. The molecule has 1 unspecified atom stereocenters. The highest BCUT2D eigenvalue weighted by Gasteiger charge is 2.16. The molecule has 94 valence electrons. The first-order valence-corrected chi connectivity index (χ1v) is 6.57. The van der Waals surface area contributed by atoms with Gasteiger partial charge in [-0.15, -0.1) is 0 Å². The second-order valence-corrected chi connectivity index (χ2v) is 5.11. The molecule has 3 nitrogen and oxygen atoms in total. The second-order valence-electron chi connectivity index (χ2n) is 5.11. The van der Waals surface area contributed by atoms with Gasteiger partial charge in [0.1, 0.15) is 5.78 Å². The van der Waals surface area contributed by atoms with Crippen LogP contribution in [0.4, 0.5) is 0 Å². The van der Waals surface area contributed by atoms with Crippen molar-refractivity contribution in [1.29, 1.82) is 0 Å². The molecule has 0 amide bonds. The van der Waals surface area contributed by atoms with Crippen molar-refractivity contribution in [2.24, 2.45) is 5.92 Å². The lowest BCUT2D eigenvalue weighted by Crippen LogP contribution is -2.33. The summed E-state index contributed by atoms with van der Waals surface area (Å²) in [5, 5.41) is 3.43. The van der Waals surface area contributed by atoms with Gasteiger partial charge in [0.05, 0.1) is 0 Å². The van der Waals surface area contributed by atoms with E-state index in [2.05, 4.69) is 17.3 Å². The summed E-state index contributed by atoms with van der Waals surface area (Å²) < 4.78 is 0. The molecule has 1 N–H and O–H groups in total. The summed E-state index contributed by atoms with van der Waals surface area (Å²) in [6.07, 6.45) is 5.73. The van der Waals surface area contributed by atoms with Crippen LogP contribution in [-0.2, 0) is 4.79 Å². The van der Waals surface area contributed by atoms with Gasteiger partial charge in [0.2, 0.25) is 0 Å². The molecule has 1 saturated heterocycles. The number of hydrogen-bond acceptors (Lipinski definition) is 3. The molecule has 1 rings (SSSR count). The summed E-state index contributed by atoms with van der Waals surface area (Å²) in [6, 6.07) is 0. The van der Waals surface area contributed by atoms with Crippen molar-refractivity contribution in [3.63, 3.8) is 0 Å². The maximum absolute atomic E-state index is 10.7. The Morgan fingerprint density at radius 2 is 2.25 bits per heavy atom. The Morgan fingerprint density at radius 1 is 1.44 bits per heavy atom. The molecule has 0 spiro atoms. The van der Waals surface area contributed by atoms with Gasteiger partial charge in [-0.2, -0.15) is 0 Å². The predicted molar refractivity (Wildman–Crippen MR) is 67.6 cm³/mol. The van der Waals surface area contributed by atoms with Crippen LogP contribution >= 0.6 is 0 Å². The smallest absolute Gasteiger partial charge is 0.129 e. The van der Waals surface area contributed by atoms with Crippen molar-refractivity contribution in [3.8, 4) is 0 Å². The standard InChI is InChI=1S/C13H26N2O/c1-12(16)5-3-8-14-9-7-13-6-4-10-15(2)11-13/h13-14H,3-11H2,1-2H3. The molecule has 0 radical (unpaired) electrons. The summed E-state index contributed by atoms with van der Waals surface area (Å²) in [4.78, 5) is 13.2. The monoisotopic (exact) mass is 226 g/mol. The molecule has 0 aromatic carbocycles. The van der Waals surface area contributed by atoms with Crippen molar-refractivity contribution in [3.05, 3.63) is 0 Å². The molecule has 0 aromatic heterocycles. The number of nitrogens with one attached hydrogen (secondary N) is 1. The lowest BCUT2D eigenvalue weighted by Gasteiger charge is -2.29. The third-order valence-corrected chi connectivity index (χ3v) is 3.33. The fraction of sp³-hybridized carbons (Fsp3) is 0.923. The van der Waals surface area contributed by atoms with Crippen molar-refractivity contribution in [1.82, 2.24) is 10.2 Å². The molecule has 0 aliphatic carbocycles. The number of rotatable bonds is 7. The zero-order chi connectivity index (χ0) is 11.8. The number of ketones is 1. The van der Waals surface area contributed by atoms with Crippen molar-refractivity contribution in [2.45, 2.75) is 39.0 Å². The van der Waals surface area contributed by atoms with Crippen LogP contribution in [-0.4, -0.2) is 43.9 Å². The molecule has 3 heteroatoms. The van der Waals surface area contributed by atoms with E-state index in [0.717, 1.165) is 31.8 Å². The van der Waals surface area contributed by atoms with Crippen LogP contribution in [0.15, 0.2) is 0 Å². The van der Waals surface area contributed by atoms with E-state index in [0.29, 0.717) is 5.78 Å². The maximum atomic E-state index is 10.7. The van der Waals surface area contributed by atoms with E-state index in [1.165, 1.54) is 32.4 Å². The van der Waals surface area contributed by atoms with E-state index in [1.807, 2.05) is 0 Å². The minimum Gasteiger partial charge on any atom is -0.317 e. The van der Waals surface area contributed by atoms with Crippen molar-refractivity contribution >= 4 is 5.78 Å². The van der Waals surface area contributed by atoms with Crippen molar-refractivity contribution < 1.29 is 4.79 Å². The van der Waals surface area contributed by atoms with Gasteiger partial charge in [0.15, 0.2) is 0 Å². The number of hydrogen-bond donors (Lipinski definition) is 1. The van der Waals surface area contributed by atoms with Gasteiger partial charge in [-0.05, 0) is 65.2 Å². The largest absolute Gasteiger partial charge is 0.317 e. The molecule has 1 aliphatic rings. The molecule has 0 saturated carbocycles. The van der Waals surface area contributed by atoms with E-state index in [1.54, 1.807) is 6.92 Å². The van der Waals surface area contributed by atoms with Gasteiger partial charge in [0.25, 0.3) is 0 Å². The number of Topliss-reactive ketones (excluding diaryl/α,β-unsaturated/α-hetero) is 1. The third-order valence-electron chi connectivity index (χ3n) is 3.33. The molecule has 0 aromatic rings. The zero-order valence-electron chi connectivity index (χ0n) is 10.8. The minimum atomic E-state index is 0.302. The van der Waals surface area contributed by atoms with Crippen LogP contribution in [0, 0.1) is 5.92 Å². The number of carbonyl (C=O) groups excluding carboxylic acids is 1. The van der Waals surface area contributed by atoms with E-state index < -0.39 is 0 Å². The van der Waals surface area contributed by atoms with Gasteiger partial charge in [0, 0.05) is 13.0 Å². The van der Waals surface area contributed by atoms with E-state index in [9.17, 15) is 4.79 Å². The average Bonchev–Trinajstić information content (AvgIpc) is 2.23. The van der Waals surface area contributed by atoms with Gasteiger partial charge in [-0.3, -0.25) is 0 Å². The first kappa shape index (κ1) is 13.7. The topological polar surface area (TPSA) is 32.3 Å². The van der Waals surface area contributed by atoms with Crippen LogP contribution in [0.1, 0.15) is 39.0 Å². The Kier molecular flexibility index (Phi) is 6.65. The number of nitrogens with zero attached hydrogens (tertiary/aromatic N) is 1. The van der Waals surface area contributed by atoms with Crippen molar-refractivity contribution in [2.75, 3.05) is 33.2 Å². The van der Waals surface area contributed by atoms with Crippen LogP contribution in [0.3, 0.4) is 0 Å². The highest BCUT2D eigenvalue weighted by molar-refractivity contribution is 5.75. The Hall–Kier alpha value is -0.410. The number of likely N-dealkylation sites (tertiary alicyclic amines) is 1. The predicted octanol–water partition coefficient (Wildman–Crippen LogP) is 1.68. The zero-order valence-corrected chi connectivity index (χ0v) is 10.8. The molecule has 1 atom stereocenters. The summed E-state index contributed by atoms with van der Waals surface area (Å²) >= 11 is 0. The molecular weight excluding hydrogens is 200 g/mol. The lowest BCUT2D eigenvalue weighted by atomic mass is 9.95. The van der Waals surface area contributed by atoms with Gasteiger partial charge in [-0.25, -0.2) is 0 Å². The fourth-order valence-electron chi connectivity index (χ4n) is 2.40. The van der Waals surface area contributed by atoms with E-state index in [4.69, 9.17) is 0 Å². The third kappa shape index (κ3) is 6.23. The van der Waals surface area contributed by atoms with Gasteiger partial charge in [-0.1, -0.05) is 0 Å². The lowest BCUT2D eigenvalue weighted by molar-refractivity contribution is -0.117. The minimum absolute atomic E-state index is 0.302. The average molecular weight is 226 g/mol. The highest BCUT2D eigenvalue weighted by atomic mass is 16.1. The maximum Gasteiger partial charge on any atom is 0.129 e. The van der Waals surface area contributed by atoms with E-state index in [-0.39, 0.29) is 0 Å². The summed E-state index contributed by atoms with van der Waals surface area (Å²) in [6.45, 7) is 6.29. The molecule has 16 heavy (non-hydrogen) atoms. The number of carbonyl (C=O) groups is 1. The Bertz CT molecular complexity index is 206. The summed E-state index contributed by atoms with van der Waals surface area (Å²) in [5.41, 5.74) is 0. The molecule has 1 heterocycles. The normalized spacial score (nSPS) is 22.2. The Morgan fingerprint density at radius 3 is 2.94 bits per heavy atom. The summed E-state index contributed by atoms with van der Waals surface area (Å²) in [7, 11) is 2.21. The molecular formula is C13H26N2O. The number of piperidine rings is 1. The SMILES string of the molecule is CC(=O)CCCNCCC1CCCN(C)C1.